The molecular formula is C41H42N4O2Pt. The van der Waals surface area contributed by atoms with Gasteiger partial charge in [0.1, 0.15) is 11.6 Å². The summed E-state index contributed by atoms with van der Waals surface area (Å²) in [6.45, 7) is 15.8. The van der Waals surface area contributed by atoms with E-state index in [-0.39, 0.29) is 21.1 Å². The van der Waals surface area contributed by atoms with E-state index in [4.69, 9.17) is 14.6 Å². The quantitative estimate of drug-likeness (QED) is 0.119. The summed E-state index contributed by atoms with van der Waals surface area (Å²) in [5.74, 6) is 4.92. The predicted octanol–water partition coefficient (Wildman–Crippen LogP) is 10.0. The van der Waals surface area contributed by atoms with Crippen LogP contribution in [-0.2, 0) is 21.1 Å². The molecule has 0 radical (unpaired) electrons. The summed E-state index contributed by atoms with van der Waals surface area (Å²) in [6.07, 6.45) is 5.47. The van der Waals surface area contributed by atoms with Crippen molar-refractivity contribution >= 4 is 21.8 Å². The van der Waals surface area contributed by atoms with Crippen LogP contribution < -0.4 is 9.47 Å². The molecule has 3 aromatic heterocycles. The standard InChI is InChI=1S/C41H42N4O2.Pt/c1-24(2)30-19-26(4)40(27(5)20-30)41-28(6)43-45(29(41)7)31-17-25(3)18-34(21-31)47-33-13-14-36-35-11-9-10-12-37(35)44(38(36)22-33)39-23-32(46-8)15-16-42-39;/h9-19,23-24,27,30,40H,20H2,1-8H3;/q-2;+2/t27-,30-,40?;/m0./s1. The average Bonchev–Trinajstić information content (AvgIpc) is 3.53. The maximum absolute atomic E-state index is 6.50. The average molecular weight is 818 g/mol. The summed E-state index contributed by atoms with van der Waals surface area (Å²) in [5, 5.41) is 7.26. The van der Waals surface area contributed by atoms with Gasteiger partial charge in [-0.25, -0.2) is 4.98 Å². The van der Waals surface area contributed by atoms with Gasteiger partial charge >= 0.3 is 21.1 Å². The largest absolute Gasteiger partial charge is 2.00 e. The van der Waals surface area contributed by atoms with Crippen molar-refractivity contribution in [2.75, 3.05) is 7.11 Å². The molecule has 7 rings (SSSR count). The third-order valence-electron chi connectivity index (χ3n) is 9.86. The van der Waals surface area contributed by atoms with Crippen molar-refractivity contribution in [2.24, 2.45) is 17.8 Å². The minimum atomic E-state index is 0. The number of hydrogen-bond acceptors (Lipinski definition) is 4. The van der Waals surface area contributed by atoms with Crippen LogP contribution in [-0.4, -0.2) is 26.4 Å². The van der Waals surface area contributed by atoms with E-state index in [0.29, 0.717) is 35.2 Å². The number of para-hydroxylation sites is 1. The number of rotatable bonds is 7. The van der Waals surface area contributed by atoms with Crippen molar-refractivity contribution < 1.29 is 30.5 Å². The van der Waals surface area contributed by atoms with Gasteiger partial charge in [0.15, 0.2) is 0 Å². The van der Waals surface area contributed by atoms with Crippen molar-refractivity contribution in [3.63, 3.8) is 0 Å². The van der Waals surface area contributed by atoms with Gasteiger partial charge in [-0.2, -0.15) is 16.7 Å². The van der Waals surface area contributed by atoms with Gasteiger partial charge in [-0.3, -0.25) is 4.68 Å². The number of ether oxygens (including phenoxy) is 2. The molecule has 248 valence electrons. The minimum absolute atomic E-state index is 0. The first-order valence-electron chi connectivity index (χ1n) is 16.6. The fourth-order valence-electron chi connectivity index (χ4n) is 7.61. The van der Waals surface area contributed by atoms with Crippen LogP contribution in [0.15, 0.2) is 78.5 Å². The topological polar surface area (TPSA) is 54.1 Å². The van der Waals surface area contributed by atoms with Gasteiger partial charge in [-0.1, -0.05) is 63.1 Å². The van der Waals surface area contributed by atoms with E-state index in [1.165, 1.54) is 17.6 Å². The second kappa shape index (κ2) is 13.4. The van der Waals surface area contributed by atoms with Gasteiger partial charge < -0.3 is 14.0 Å². The molecule has 1 aliphatic rings. The van der Waals surface area contributed by atoms with Crippen LogP contribution in [0.4, 0.5) is 0 Å². The van der Waals surface area contributed by atoms with Crippen molar-refractivity contribution in [3.8, 4) is 28.8 Å². The molecule has 3 atom stereocenters. The Morgan fingerprint density at radius 1 is 0.917 bits per heavy atom. The zero-order valence-corrected chi connectivity index (χ0v) is 31.1. The number of pyridine rings is 1. The zero-order chi connectivity index (χ0) is 33.0. The van der Waals surface area contributed by atoms with Crippen molar-refractivity contribution in [1.29, 1.82) is 0 Å². The Bertz CT molecular complexity index is 2160. The van der Waals surface area contributed by atoms with Gasteiger partial charge in [0.2, 0.25) is 0 Å². The van der Waals surface area contributed by atoms with E-state index in [9.17, 15) is 0 Å². The van der Waals surface area contributed by atoms with Crippen molar-refractivity contribution in [1.82, 2.24) is 19.3 Å². The SMILES string of the molecule is COc1ccnc(-n2c3[c-]c(Oc4[c-]c(-n5nc(C)c(C6C(C)=C[C@H](C(C)C)C[C@@H]6C)c5C)cc(C)c4)ccc3c3ccccc32)c1.[Pt+2]. The minimum Gasteiger partial charge on any atom is -0.509 e. The number of hydrogen-bond donors (Lipinski definition) is 0. The number of nitrogens with zero attached hydrogens (tertiary/aromatic N) is 4. The Hall–Kier alpha value is -4.15. The van der Waals surface area contributed by atoms with Crippen LogP contribution in [0.2, 0.25) is 0 Å². The number of aryl methyl sites for hydroxylation is 2. The first-order chi connectivity index (χ1) is 22.6. The molecule has 6 nitrogen and oxygen atoms in total. The van der Waals surface area contributed by atoms with Crippen molar-refractivity contribution in [3.05, 3.63) is 113 Å². The Kier molecular flexibility index (Phi) is 9.41. The molecule has 0 aliphatic heterocycles. The number of benzene rings is 3. The van der Waals surface area contributed by atoms with E-state index in [2.05, 4.69) is 107 Å². The molecule has 0 amide bonds. The summed E-state index contributed by atoms with van der Waals surface area (Å²) in [6, 6.07) is 27.4. The molecule has 0 bridgehead atoms. The molecule has 0 saturated heterocycles. The summed E-state index contributed by atoms with van der Waals surface area (Å²) in [5.41, 5.74) is 8.88. The molecule has 3 heterocycles. The molecule has 1 aliphatic carbocycles. The molecule has 0 spiro atoms. The molecule has 7 heteroatoms. The molecule has 0 N–H and O–H groups in total. The summed E-state index contributed by atoms with van der Waals surface area (Å²) in [7, 11) is 1.67. The summed E-state index contributed by atoms with van der Waals surface area (Å²) >= 11 is 0. The normalized spacial score (nSPS) is 17.9. The van der Waals surface area contributed by atoms with E-state index in [1.54, 1.807) is 13.3 Å². The maximum atomic E-state index is 6.50. The van der Waals surface area contributed by atoms with Crippen molar-refractivity contribution in [2.45, 2.75) is 60.8 Å². The Morgan fingerprint density at radius 3 is 2.46 bits per heavy atom. The molecule has 48 heavy (non-hydrogen) atoms. The second-order valence-electron chi connectivity index (χ2n) is 13.5. The Labute approximate surface area is 298 Å². The summed E-state index contributed by atoms with van der Waals surface area (Å²) in [4.78, 5) is 4.67. The van der Waals surface area contributed by atoms with Gasteiger partial charge in [0.25, 0.3) is 0 Å². The van der Waals surface area contributed by atoms with E-state index >= 15 is 0 Å². The molecule has 6 aromatic rings. The Balaban J connectivity index is 0.00000401. The number of fused-ring (bicyclic) bond motifs is 3. The van der Waals surface area contributed by atoms with Gasteiger partial charge in [0.05, 0.1) is 12.8 Å². The Morgan fingerprint density at radius 2 is 1.71 bits per heavy atom. The van der Waals surface area contributed by atoms with Crippen LogP contribution in [0.25, 0.3) is 33.3 Å². The first kappa shape index (κ1) is 33.7. The third kappa shape index (κ3) is 6.00. The molecule has 1 unspecified atom stereocenters. The summed E-state index contributed by atoms with van der Waals surface area (Å²) < 4.78 is 16.2. The van der Waals surface area contributed by atoms with Crippen LogP contribution >= 0.6 is 0 Å². The number of aromatic nitrogens is 4. The fourth-order valence-corrected chi connectivity index (χ4v) is 7.61. The van der Waals surface area contributed by atoms with Crippen LogP contribution in [0.5, 0.6) is 17.2 Å². The van der Waals surface area contributed by atoms with Crippen LogP contribution in [0.1, 0.15) is 62.5 Å². The fraction of sp³-hybridized carbons (Fsp3) is 0.317. The number of allylic oxidation sites excluding steroid dienone is 2. The smallest absolute Gasteiger partial charge is 0.509 e. The number of methoxy groups -OCH3 is 1. The van der Waals surface area contributed by atoms with E-state index in [1.807, 2.05) is 35.0 Å². The van der Waals surface area contributed by atoms with Crippen LogP contribution in [0, 0.1) is 50.7 Å². The molecule has 0 saturated carbocycles. The molecular weight excluding hydrogens is 776 g/mol. The predicted molar refractivity (Wildman–Crippen MR) is 189 cm³/mol. The molecule has 3 aromatic carbocycles. The van der Waals surface area contributed by atoms with E-state index in [0.717, 1.165) is 56.0 Å². The van der Waals surface area contributed by atoms with Gasteiger partial charge in [-0.05, 0) is 68.2 Å². The maximum Gasteiger partial charge on any atom is 2.00 e. The monoisotopic (exact) mass is 817 g/mol. The van der Waals surface area contributed by atoms with Gasteiger partial charge in [-0.15, -0.1) is 35.7 Å². The first-order valence-corrected chi connectivity index (χ1v) is 16.6. The third-order valence-corrected chi connectivity index (χ3v) is 9.86. The second-order valence-corrected chi connectivity index (χ2v) is 13.5. The molecule has 0 fully saturated rings. The van der Waals surface area contributed by atoms with Gasteiger partial charge in [0, 0.05) is 46.5 Å². The van der Waals surface area contributed by atoms with Crippen LogP contribution in [0.3, 0.4) is 0 Å². The van der Waals surface area contributed by atoms with E-state index < -0.39 is 0 Å². The zero-order valence-electron chi connectivity index (χ0n) is 28.9.